The number of benzene rings is 4. The number of methoxy groups -OCH3 is 2. The lowest BCUT2D eigenvalue weighted by atomic mass is 10.1. The van der Waals surface area contributed by atoms with Gasteiger partial charge in [-0.1, -0.05) is 48.3 Å². The van der Waals surface area contributed by atoms with Gasteiger partial charge < -0.3 is 35.2 Å². The standard InChI is InChI=1S/C26H31Cl2N7O3.C23H17FN6O/c1-5-34-10-12-35(13-11-34)18-8-6-17(7-9-18)31-21-15-22(30-16-29-21)33(2)26(36)32-25-23(27)19(37-3)14-20(38-4)24(25)28;1-25-22(31)18-6-5-16(11-19(18)24)21-13-28-23-27-12-17(30(23)29-21)10-14-4-7-20-15(9-14)3-2-8-26-20/h6-9,14-16H,5,10-13H2,1-4H3,(H,32,36)(H,29,30,31);2-9,11-13H,10H2,1H3,(H,25,31). The van der Waals surface area contributed by atoms with E-state index in [0.29, 0.717) is 46.6 Å². The van der Waals surface area contributed by atoms with Gasteiger partial charge in [-0.05, 0) is 66.7 Å². The maximum atomic E-state index is 14.4. The Bertz CT molecular complexity index is 3100. The van der Waals surface area contributed by atoms with E-state index in [-0.39, 0.29) is 21.3 Å². The zero-order chi connectivity index (χ0) is 48.6. The van der Waals surface area contributed by atoms with Crippen LogP contribution in [0.3, 0.4) is 0 Å². The molecule has 0 unspecified atom stereocenters. The van der Waals surface area contributed by atoms with Gasteiger partial charge in [0.15, 0.2) is 0 Å². The number of likely N-dealkylation sites (N-methyl/N-ethyl adjacent to an activating group) is 1. The SMILES string of the molecule is CCN1CCN(c2ccc(Nc3cc(N(C)C(=O)Nc4c(Cl)c(OC)cc(OC)c4Cl)ncn3)cc2)CC1.CNC(=O)c1ccc(-c2cnc3ncc(Cc4ccc5ncccc5c4)n3n2)cc1F. The fraction of sp³-hybridized carbons (Fsp3) is 0.224. The fourth-order valence-electron chi connectivity index (χ4n) is 7.62. The Kier molecular flexibility index (Phi) is 14.9. The van der Waals surface area contributed by atoms with Crippen LogP contribution in [0, 0.1) is 5.82 Å². The number of nitrogens with one attached hydrogen (secondary N) is 3. The zero-order valence-electron chi connectivity index (χ0n) is 38.4. The molecule has 0 bridgehead atoms. The Morgan fingerprint density at radius 3 is 2.28 bits per heavy atom. The van der Waals surface area contributed by atoms with Crippen LogP contribution in [0.2, 0.25) is 10.0 Å². The number of nitrogens with zero attached hydrogens (tertiary/aromatic N) is 10. The first-order chi connectivity index (χ1) is 33.5. The van der Waals surface area contributed by atoms with Crippen molar-refractivity contribution in [1.29, 1.82) is 0 Å². The molecule has 0 radical (unpaired) electrons. The summed E-state index contributed by atoms with van der Waals surface area (Å²) in [5.41, 5.74) is 6.11. The summed E-state index contributed by atoms with van der Waals surface area (Å²) < 4.78 is 26.6. The zero-order valence-corrected chi connectivity index (χ0v) is 39.9. The van der Waals surface area contributed by atoms with Gasteiger partial charge in [-0.25, -0.2) is 33.6 Å². The number of halogens is 3. The molecule has 0 aliphatic carbocycles. The summed E-state index contributed by atoms with van der Waals surface area (Å²) in [4.78, 5) is 52.5. The Balaban J connectivity index is 0.000000189. The van der Waals surface area contributed by atoms with E-state index >= 15 is 0 Å². The highest BCUT2D eigenvalue weighted by molar-refractivity contribution is 6.41. The van der Waals surface area contributed by atoms with E-state index in [2.05, 4.69) is 80.9 Å². The molecular formula is C49H48Cl2FN13O4. The molecule has 20 heteroatoms. The summed E-state index contributed by atoms with van der Waals surface area (Å²) >= 11 is 12.8. The number of ether oxygens (including phenoxy) is 2. The van der Waals surface area contributed by atoms with Gasteiger partial charge in [0.25, 0.3) is 11.7 Å². The first-order valence-electron chi connectivity index (χ1n) is 21.8. The Morgan fingerprint density at radius 2 is 1.58 bits per heavy atom. The number of hydrogen-bond acceptors (Lipinski definition) is 13. The van der Waals surface area contributed by atoms with Crippen LogP contribution < -0.4 is 35.2 Å². The summed E-state index contributed by atoms with van der Waals surface area (Å²) in [7, 11) is 5.96. The number of carbonyl (C=O) groups excluding carboxylic acids is 2. The Morgan fingerprint density at radius 1 is 0.841 bits per heavy atom. The van der Waals surface area contributed by atoms with Gasteiger partial charge in [0.05, 0.1) is 49.1 Å². The summed E-state index contributed by atoms with van der Waals surface area (Å²) in [5.74, 6) is 0.902. The van der Waals surface area contributed by atoms with Crippen LogP contribution in [-0.2, 0) is 6.42 Å². The van der Waals surface area contributed by atoms with Crippen molar-refractivity contribution in [2.45, 2.75) is 13.3 Å². The highest BCUT2D eigenvalue weighted by Crippen LogP contribution is 2.44. The topological polar surface area (TPSA) is 180 Å². The molecule has 4 aromatic carbocycles. The molecule has 0 spiro atoms. The van der Waals surface area contributed by atoms with Crippen molar-refractivity contribution in [1.82, 2.24) is 44.8 Å². The molecule has 1 aliphatic heterocycles. The van der Waals surface area contributed by atoms with Gasteiger partial charge in [0.2, 0.25) is 0 Å². The second-order valence-corrected chi connectivity index (χ2v) is 16.5. The summed E-state index contributed by atoms with van der Waals surface area (Å²) in [6.45, 7) is 7.47. The molecule has 0 atom stereocenters. The lowest BCUT2D eigenvalue weighted by molar-refractivity contribution is 0.0959. The minimum atomic E-state index is -0.616. The lowest BCUT2D eigenvalue weighted by Gasteiger charge is -2.35. The third-order valence-electron chi connectivity index (χ3n) is 11.5. The maximum Gasteiger partial charge on any atom is 0.327 e. The number of hydrogen-bond donors (Lipinski definition) is 3. The predicted octanol–water partition coefficient (Wildman–Crippen LogP) is 8.78. The minimum Gasteiger partial charge on any atom is -0.495 e. The maximum absolute atomic E-state index is 14.4. The molecule has 0 saturated carbocycles. The Labute approximate surface area is 407 Å². The number of anilines is 5. The predicted molar refractivity (Wildman–Crippen MR) is 267 cm³/mol. The van der Waals surface area contributed by atoms with E-state index in [4.69, 9.17) is 32.7 Å². The van der Waals surface area contributed by atoms with Crippen LogP contribution in [0.5, 0.6) is 11.5 Å². The van der Waals surface area contributed by atoms with Gasteiger partial charge in [-0.3, -0.25) is 14.7 Å². The summed E-state index contributed by atoms with van der Waals surface area (Å²) in [6.07, 6.45) is 7.04. The molecule has 3 amide bonds. The number of aromatic nitrogens is 7. The van der Waals surface area contributed by atoms with Crippen molar-refractivity contribution >= 4 is 80.5 Å². The van der Waals surface area contributed by atoms with Crippen LogP contribution in [0.4, 0.5) is 37.9 Å². The summed E-state index contributed by atoms with van der Waals surface area (Å²) in [6, 6.07) is 25.3. The molecule has 9 rings (SSSR count). The minimum absolute atomic E-state index is 0.0191. The molecule has 4 aromatic heterocycles. The monoisotopic (exact) mass is 971 g/mol. The van der Waals surface area contributed by atoms with E-state index in [1.54, 1.807) is 48.4 Å². The fourth-order valence-corrected chi connectivity index (χ4v) is 8.22. The van der Waals surface area contributed by atoms with Crippen molar-refractivity contribution < 1.29 is 23.5 Å². The molecule has 8 aromatic rings. The normalized spacial score (nSPS) is 12.6. The number of pyridine rings is 1. The molecule has 5 heterocycles. The van der Waals surface area contributed by atoms with E-state index in [0.717, 1.165) is 60.6 Å². The molecule has 69 heavy (non-hydrogen) atoms. The quantitative estimate of drug-likeness (QED) is 0.106. The summed E-state index contributed by atoms with van der Waals surface area (Å²) in [5, 5.41) is 14.4. The van der Waals surface area contributed by atoms with Crippen molar-refractivity contribution in [2.75, 3.05) is 81.5 Å². The second-order valence-electron chi connectivity index (χ2n) is 15.7. The molecule has 1 saturated heterocycles. The number of rotatable bonds is 12. The van der Waals surface area contributed by atoms with Crippen molar-refractivity contribution in [3.8, 4) is 22.8 Å². The van der Waals surface area contributed by atoms with Crippen molar-refractivity contribution in [2.24, 2.45) is 0 Å². The first kappa shape index (κ1) is 47.8. The molecule has 1 aliphatic rings. The third kappa shape index (κ3) is 10.9. The van der Waals surface area contributed by atoms with Crippen LogP contribution in [-0.4, -0.2) is 112 Å². The first-order valence-corrected chi connectivity index (χ1v) is 22.6. The number of imidazole rings is 1. The Hall–Kier alpha value is -7.67. The van der Waals surface area contributed by atoms with Gasteiger partial charge in [0.1, 0.15) is 51.0 Å². The van der Waals surface area contributed by atoms with Crippen LogP contribution in [0.25, 0.3) is 27.9 Å². The van der Waals surface area contributed by atoms with E-state index in [1.165, 1.54) is 50.3 Å². The highest BCUT2D eigenvalue weighted by Gasteiger charge is 2.22. The average molecular weight is 973 g/mol. The van der Waals surface area contributed by atoms with E-state index in [1.807, 2.05) is 36.4 Å². The second kappa shape index (κ2) is 21.5. The molecule has 1 fully saturated rings. The van der Waals surface area contributed by atoms with E-state index < -0.39 is 17.8 Å². The smallest absolute Gasteiger partial charge is 0.327 e. The van der Waals surface area contributed by atoms with Gasteiger partial charge in [-0.15, -0.1) is 0 Å². The van der Waals surface area contributed by atoms with Gasteiger partial charge in [-0.2, -0.15) is 5.10 Å². The van der Waals surface area contributed by atoms with E-state index in [9.17, 15) is 14.0 Å². The van der Waals surface area contributed by atoms with Crippen molar-refractivity contribution in [3.05, 3.63) is 143 Å². The van der Waals surface area contributed by atoms with Crippen LogP contribution in [0.15, 0.2) is 110 Å². The number of amides is 3. The number of urea groups is 1. The number of fused-ring (bicyclic) bond motifs is 2. The van der Waals surface area contributed by atoms with Crippen LogP contribution >= 0.6 is 23.2 Å². The largest absolute Gasteiger partial charge is 0.495 e. The van der Waals surface area contributed by atoms with Crippen LogP contribution in [0.1, 0.15) is 28.5 Å². The molecule has 17 nitrogen and oxygen atoms in total. The van der Waals surface area contributed by atoms with Crippen molar-refractivity contribution in [3.63, 3.8) is 0 Å². The molecular weight excluding hydrogens is 925 g/mol. The highest BCUT2D eigenvalue weighted by atomic mass is 35.5. The number of carbonyl (C=O) groups is 2. The third-order valence-corrected chi connectivity index (χ3v) is 12.3. The lowest BCUT2D eigenvalue weighted by Crippen LogP contribution is -2.46. The molecule has 3 N–H and O–H groups in total. The van der Waals surface area contributed by atoms with Gasteiger partial charge >= 0.3 is 6.03 Å². The van der Waals surface area contributed by atoms with Gasteiger partial charge in [0, 0.05) is 87.3 Å². The average Bonchev–Trinajstić information content (AvgIpc) is 3.79. The number of piperazine rings is 1. The molecule has 354 valence electrons.